The Hall–Kier alpha value is -2.47. The molecule has 0 bridgehead atoms. The molecular weight excluding hydrogens is 244 g/mol. The van der Waals surface area contributed by atoms with Gasteiger partial charge < -0.3 is 15.8 Å². The number of amides is 1. The molecule has 2 aromatic rings. The van der Waals surface area contributed by atoms with Crippen LogP contribution in [0.25, 0.3) is 0 Å². The lowest BCUT2D eigenvalue weighted by Crippen LogP contribution is -2.14. The molecule has 0 fully saturated rings. The summed E-state index contributed by atoms with van der Waals surface area (Å²) in [5.41, 5.74) is 6.27. The van der Waals surface area contributed by atoms with E-state index in [0.717, 1.165) is 0 Å². The van der Waals surface area contributed by atoms with Crippen molar-refractivity contribution in [2.75, 3.05) is 18.5 Å². The number of nitrogens with zero attached hydrogens (tertiary/aromatic N) is 2. The quantitative estimate of drug-likeness (QED) is 0.837. The van der Waals surface area contributed by atoms with Crippen LogP contribution in [0.3, 0.4) is 0 Å². The average Bonchev–Trinajstić information content (AvgIpc) is 2.47. The van der Waals surface area contributed by atoms with Crippen LogP contribution in [-0.4, -0.2) is 29.0 Å². The summed E-state index contributed by atoms with van der Waals surface area (Å²) in [7, 11) is 0. The van der Waals surface area contributed by atoms with Crippen molar-refractivity contribution in [3.63, 3.8) is 0 Å². The zero-order chi connectivity index (χ0) is 13.5. The fourth-order valence-corrected chi connectivity index (χ4v) is 1.42. The van der Waals surface area contributed by atoms with Gasteiger partial charge in [0, 0.05) is 24.6 Å². The van der Waals surface area contributed by atoms with E-state index in [4.69, 9.17) is 10.5 Å². The van der Waals surface area contributed by atoms with Gasteiger partial charge in [0.2, 0.25) is 0 Å². The summed E-state index contributed by atoms with van der Waals surface area (Å²) in [5.74, 6) is 0.409. The number of benzene rings is 1. The van der Waals surface area contributed by atoms with E-state index in [9.17, 15) is 4.79 Å². The van der Waals surface area contributed by atoms with Crippen LogP contribution in [0.1, 0.15) is 10.5 Å². The van der Waals surface area contributed by atoms with Crippen LogP contribution < -0.4 is 15.8 Å². The van der Waals surface area contributed by atoms with E-state index < -0.39 is 0 Å². The Morgan fingerprint density at radius 3 is 2.68 bits per heavy atom. The number of aromatic nitrogens is 2. The van der Waals surface area contributed by atoms with Crippen LogP contribution in [0.5, 0.6) is 5.75 Å². The maximum absolute atomic E-state index is 11.8. The fourth-order valence-electron chi connectivity index (χ4n) is 1.42. The molecule has 6 heteroatoms. The van der Waals surface area contributed by atoms with Gasteiger partial charge in [-0.2, -0.15) is 0 Å². The summed E-state index contributed by atoms with van der Waals surface area (Å²) in [5, 5.41) is 2.72. The highest BCUT2D eigenvalue weighted by atomic mass is 16.5. The Labute approximate surface area is 110 Å². The molecule has 19 heavy (non-hydrogen) atoms. The van der Waals surface area contributed by atoms with E-state index in [1.54, 1.807) is 24.3 Å². The molecule has 0 aliphatic rings. The molecule has 0 unspecified atom stereocenters. The summed E-state index contributed by atoms with van der Waals surface area (Å²) in [6, 6.07) is 7.03. The molecule has 0 saturated carbocycles. The highest BCUT2D eigenvalue weighted by Gasteiger charge is 2.07. The summed E-state index contributed by atoms with van der Waals surface area (Å²) in [6.45, 7) is 0.927. The maximum Gasteiger partial charge on any atom is 0.275 e. The minimum atomic E-state index is -0.302. The molecule has 0 radical (unpaired) electrons. The Balaban J connectivity index is 1.98. The van der Waals surface area contributed by atoms with Gasteiger partial charge in [-0.15, -0.1) is 0 Å². The second-order valence-electron chi connectivity index (χ2n) is 3.71. The highest BCUT2D eigenvalue weighted by molar-refractivity contribution is 6.02. The standard InChI is InChI=1S/C13H14N4O2/c14-5-8-19-11-3-1-10(2-4-11)17-13(18)12-9-15-6-7-16-12/h1-4,6-7,9H,5,8,14H2,(H,17,18). The van der Waals surface area contributed by atoms with Crippen LogP contribution >= 0.6 is 0 Å². The third-order valence-electron chi connectivity index (χ3n) is 2.29. The van der Waals surface area contributed by atoms with E-state index in [-0.39, 0.29) is 11.6 Å². The second-order valence-corrected chi connectivity index (χ2v) is 3.71. The van der Waals surface area contributed by atoms with Gasteiger partial charge >= 0.3 is 0 Å². The van der Waals surface area contributed by atoms with Gasteiger partial charge in [-0.3, -0.25) is 9.78 Å². The summed E-state index contributed by atoms with van der Waals surface area (Å²) >= 11 is 0. The van der Waals surface area contributed by atoms with Crippen molar-refractivity contribution >= 4 is 11.6 Å². The number of carbonyl (C=O) groups excluding carboxylic acids is 1. The molecular formula is C13H14N4O2. The van der Waals surface area contributed by atoms with Gasteiger partial charge in [0.25, 0.3) is 5.91 Å². The monoisotopic (exact) mass is 258 g/mol. The Bertz CT molecular complexity index is 528. The van der Waals surface area contributed by atoms with Gasteiger partial charge in [-0.05, 0) is 24.3 Å². The molecule has 0 aliphatic heterocycles. The number of rotatable bonds is 5. The molecule has 1 aromatic carbocycles. The van der Waals surface area contributed by atoms with Gasteiger partial charge in [0.05, 0.1) is 6.20 Å². The number of carbonyl (C=O) groups is 1. The molecule has 0 atom stereocenters. The molecule has 98 valence electrons. The molecule has 0 saturated heterocycles. The minimum Gasteiger partial charge on any atom is -0.492 e. The van der Waals surface area contributed by atoms with Crippen molar-refractivity contribution in [2.24, 2.45) is 5.73 Å². The number of ether oxygens (including phenoxy) is 1. The lowest BCUT2D eigenvalue weighted by molar-refractivity contribution is 0.102. The number of nitrogens with two attached hydrogens (primary N) is 1. The van der Waals surface area contributed by atoms with Crippen LogP contribution in [0.4, 0.5) is 5.69 Å². The van der Waals surface area contributed by atoms with Crippen LogP contribution in [-0.2, 0) is 0 Å². The van der Waals surface area contributed by atoms with Crippen LogP contribution in [0, 0.1) is 0 Å². The van der Waals surface area contributed by atoms with Crippen molar-refractivity contribution < 1.29 is 9.53 Å². The first-order valence-corrected chi connectivity index (χ1v) is 5.80. The molecule has 0 aliphatic carbocycles. The number of hydrogen-bond donors (Lipinski definition) is 2. The molecule has 3 N–H and O–H groups in total. The summed E-state index contributed by atoms with van der Waals surface area (Å²) in [4.78, 5) is 19.6. The molecule has 1 amide bonds. The number of anilines is 1. The van der Waals surface area contributed by atoms with Gasteiger partial charge in [-0.25, -0.2) is 4.98 Å². The Morgan fingerprint density at radius 2 is 2.05 bits per heavy atom. The highest BCUT2D eigenvalue weighted by Crippen LogP contribution is 2.15. The zero-order valence-electron chi connectivity index (χ0n) is 10.2. The zero-order valence-corrected chi connectivity index (χ0v) is 10.2. The van der Waals surface area contributed by atoms with Crippen LogP contribution in [0.2, 0.25) is 0 Å². The topological polar surface area (TPSA) is 90.1 Å². The smallest absolute Gasteiger partial charge is 0.275 e. The van der Waals surface area contributed by atoms with Gasteiger partial charge in [0.1, 0.15) is 18.1 Å². The predicted molar refractivity (Wildman–Crippen MR) is 71.0 cm³/mol. The van der Waals surface area contributed by atoms with E-state index in [2.05, 4.69) is 15.3 Å². The first kappa shape index (κ1) is 13.0. The van der Waals surface area contributed by atoms with Crippen molar-refractivity contribution in [3.05, 3.63) is 48.5 Å². The largest absolute Gasteiger partial charge is 0.492 e. The molecule has 0 spiro atoms. The van der Waals surface area contributed by atoms with E-state index >= 15 is 0 Å². The predicted octanol–water partition coefficient (Wildman–Crippen LogP) is 1.07. The van der Waals surface area contributed by atoms with Gasteiger partial charge in [0.15, 0.2) is 0 Å². The maximum atomic E-state index is 11.8. The number of hydrogen-bond acceptors (Lipinski definition) is 5. The van der Waals surface area contributed by atoms with Crippen molar-refractivity contribution in [1.29, 1.82) is 0 Å². The Kier molecular flexibility index (Phi) is 4.41. The number of nitrogens with one attached hydrogen (secondary N) is 1. The molecule has 1 heterocycles. The molecule has 1 aromatic heterocycles. The fraction of sp³-hybridized carbons (Fsp3) is 0.154. The van der Waals surface area contributed by atoms with E-state index in [0.29, 0.717) is 24.6 Å². The summed E-state index contributed by atoms with van der Waals surface area (Å²) < 4.78 is 5.34. The molecule has 6 nitrogen and oxygen atoms in total. The minimum absolute atomic E-state index is 0.269. The van der Waals surface area contributed by atoms with Crippen molar-refractivity contribution in [3.8, 4) is 5.75 Å². The first-order chi connectivity index (χ1) is 9.29. The Morgan fingerprint density at radius 1 is 1.26 bits per heavy atom. The van der Waals surface area contributed by atoms with Crippen LogP contribution in [0.15, 0.2) is 42.9 Å². The van der Waals surface area contributed by atoms with Crippen molar-refractivity contribution in [2.45, 2.75) is 0 Å². The SMILES string of the molecule is NCCOc1ccc(NC(=O)c2cnccn2)cc1. The first-order valence-electron chi connectivity index (χ1n) is 5.80. The third-order valence-corrected chi connectivity index (χ3v) is 2.29. The third kappa shape index (κ3) is 3.75. The van der Waals surface area contributed by atoms with Crippen molar-refractivity contribution in [1.82, 2.24) is 9.97 Å². The average molecular weight is 258 g/mol. The normalized spacial score (nSPS) is 9.95. The summed E-state index contributed by atoms with van der Waals surface area (Å²) in [6.07, 6.45) is 4.40. The lowest BCUT2D eigenvalue weighted by atomic mass is 10.3. The lowest BCUT2D eigenvalue weighted by Gasteiger charge is -2.07. The molecule has 2 rings (SSSR count). The van der Waals surface area contributed by atoms with Gasteiger partial charge in [-0.1, -0.05) is 0 Å². The van der Waals surface area contributed by atoms with E-state index in [1.165, 1.54) is 18.6 Å². The second kappa shape index (κ2) is 6.46. The van der Waals surface area contributed by atoms with E-state index in [1.807, 2.05) is 0 Å².